The average Bonchev–Trinajstić information content (AvgIpc) is 3.30. The number of likely N-dealkylation sites (tertiary alicyclic amines) is 1. The van der Waals surface area contributed by atoms with Gasteiger partial charge in [-0.05, 0) is 38.5 Å². The van der Waals surface area contributed by atoms with E-state index in [2.05, 4.69) is 10.2 Å². The molecule has 1 saturated heterocycles. The first-order valence-electron chi connectivity index (χ1n) is 11.8. The van der Waals surface area contributed by atoms with Gasteiger partial charge in [-0.15, -0.1) is 10.2 Å². The van der Waals surface area contributed by atoms with Gasteiger partial charge in [0, 0.05) is 31.7 Å². The van der Waals surface area contributed by atoms with Crippen LogP contribution in [0.2, 0.25) is 0 Å². The zero-order valence-electron chi connectivity index (χ0n) is 20.5. The van der Waals surface area contributed by atoms with E-state index < -0.39 is 28.7 Å². The molecule has 194 valence electrons. The third-order valence-electron chi connectivity index (χ3n) is 6.86. The lowest BCUT2D eigenvalue weighted by atomic mass is 9.91. The monoisotopic (exact) mass is 527 g/mol. The van der Waals surface area contributed by atoms with Crippen LogP contribution in [0.4, 0.5) is 4.39 Å². The zero-order chi connectivity index (χ0) is 26.6. The van der Waals surface area contributed by atoms with E-state index in [0.29, 0.717) is 11.4 Å². The number of aromatic hydroxyl groups is 1. The standard InChI is InChI=1S/C25H26FN5O5S/c1-13(2)30-12-25(3,24(36)29-9-16(32)10-29)31-11-17(20(33)21(34)19(31)23(30)35)22-28-27-18(37-22)8-14-4-6-15(26)7-5-14/h4-7,11,13,16,32,34H,8-10,12H2,1-3H3/t25-/m1/s1. The summed E-state index contributed by atoms with van der Waals surface area (Å²) in [6.45, 7) is 5.59. The molecule has 0 bridgehead atoms. The van der Waals surface area contributed by atoms with Gasteiger partial charge in [0.05, 0.1) is 18.2 Å². The Bertz CT molecular complexity index is 1450. The molecule has 2 N–H and O–H groups in total. The van der Waals surface area contributed by atoms with Gasteiger partial charge in [0.2, 0.25) is 5.43 Å². The lowest BCUT2D eigenvalue weighted by Crippen LogP contribution is -2.65. The molecular formula is C25H26FN5O5S. The number of carbonyl (C=O) groups excluding carboxylic acids is 2. The maximum Gasteiger partial charge on any atom is 0.274 e. The molecule has 0 unspecified atom stereocenters. The Morgan fingerprint density at radius 3 is 2.51 bits per heavy atom. The van der Waals surface area contributed by atoms with Crippen molar-refractivity contribution in [3.05, 3.63) is 62.8 Å². The quantitative estimate of drug-likeness (QED) is 0.516. The van der Waals surface area contributed by atoms with Crippen molar-refractivity contribution in [2.45, 2.75) is 44.9 Å². The number of halogens is 1. The molecule has 2 amide bonds. The number of aliphatic hydroxyl groups excluding tert-OH is 1. The van der Waals surface area contributed by atoms with Crippen molar-refractivity contribution in [3.63, 3.8) is 0 Å². The predicted octanol–water partition coefficient (Wildman–Crippen LogP) is 1.58. The summed E-state index contributed by atoms with van der Waals surface area (Å²) < 4.78 is 14.6. The first kappa shape index (κ1) is 25.0. The number of fused-ring (bicyclic) bond motifs is 1. The molecule has 0 spiro atoms. The first-order chi connectivity index (χ1) is 17.5. The van der Waals surface area contributed by atoms with Gasteiger partial charge in [-0.1, -0.05) is 23.5 Å². The number of pyridine rings is 1. The molecule has 2 aliphatic rings. The molecule has 5 rings (SSSR count). The number of nitrogens with zero attached hydrogens (tertiary/aromatic N) is 5. The molecule has 10 nitrogen and oxygen atoms in total. The fourth-order valence-electron chi connectivity index (χ4n) is 4.72. The van der Waals surface area contributed by atoms with Gasteiger partial charge in [-0.3, -0.25) is 14.4 Å². The zero-order valence-corrected chi connectivity index (χ0v) is 21.3. The molecule has 3 aromatic rings. The average molecular weight is 528 g/mol. The van der Waals surface area contributed by atoms with Crippen LogP contribution in [0.15, 0.2) is 35.3 Å². The van der Waals surface area contributed by atoms with E-state index in [0.717, 1.165) is 16.9 Å². The lowest BCUT2D eigenvalue weighted by Gasteiger charge is -2.48. The number of aliphatic hydroxyl groups is 1. The van der Waals surface area contributed by atoms with Gasteiger partial charge in [0.1, 0.15) is 16.4 Å². The number of hydrogen-bond donors (Lipinski definition) is 2. The van der Waals surface area contributed by atoms with Crippen molar-refractivity contribution < 1.29 is 24.2 Å². The largest absolute Gasteiger partial charge is 0.503 e. The summed E-state index contributed by atoms with van der Waals surface area (Å²) in [5.41, 5.74) is -1.57. The van der Waals surface area contributed by atoms with E-state index in [1.165, 1.54) is 32.7 Å². The van der Waals surface area contributed by atoms with Crippen LogP contribution in [0, 0.1) is 5.82 Å². The maximum atomic E-state index is 13.6. The normalized spacial score (nSPS) is 19.8. The van der Waals surface area contributed by atoms with Crippen LogP contribution in [0.5, 0.6) is 5.75 Å². The van der Waals surface area contributed by atoms with Gasteiger partial charge in [-0.25, -0.2) is 4.39 Å². The van der Waals surface area contributed by atoms with Crippen molar-refractivity contribution in [1.82, 2.24) is 24.6 Å². The fraction of sp³-hybridized carbons (Fsp3) is 0.400. The third-order valence-corrected chi connectivity index (χ3v) is 7.81. The Kier molecular flexibility index (Phi) is 6.11. The van der Waals surface area contributed by atoms with Crippen LogP contribution >= 0.6 is 11.3 Å². The Morgan fingerprint density at radius 2 is 1.89 bits per heavy atom. The molecule has 0 aliphatic carbocycles. The molecule has 0 saturated carbocycles. The third kappa shape index (κ3) is 4.19. The molecular weight excluding hydrogens is 501 g/mol. The van der Waals surface area contributed by atoms with Gasteiger partial charge >= 0.3 is 0 Å². The summed E-state index contributed by atoms with van der Waals surface area (Å²) in [5, 5.41) is 29.8. The minimum absolute atomic E-state index is 0.0116. The second kappa shape index (κ2) is 9.03. The summed E-state index contributed by atoms with van der Waals surface area (Å²) in [6.07, 6.45) is 1.15. The smallest absolute Gasteiger partial charge is 0.274 e. The van der Waals surface area contributed by atoms with E-state index in [1.807, 2.05) is 0 Å². The summed E-state index contributed by atoms with van der Waals surface area (Å²) >= 11 is 1.13. The van der Waals surface area contributed by atoms with E-state index in [-0.39, 0.29) is 53.7 Å². The number of amides is 2. The van der Waals surface area contributed by atoms with Gasteiger partial charge in [0.25, 0.3) is 11.8 Å². The topological polar surface area (TPSA) is 129 Å². The van der Waals surface area contributed by atoms with E-state index in [4.69, 9.17) is 0 Å². The molecule has 1 fully saturated rings. The van der Waals surface area contributed by atoms with Crippen molar-refractivity contribution in [3.8, 4) is 16.3 Å². The Labute approximate surface area is 215 Å². The molecule has 4 heterocycles. The van der Waals surface area contributed by atoms with Gasteiger partial charge < -0.3 is 24.6 Å². The minimum atomic E-state index is -1.34. The van der Waals surface area contributed by atoms with E-state index >= 15 is 0 Å². The fourth-order valence-corrected chi connectivity index (χ4v) is 5.60. The van der Waals surface area contributed by atoms with Crippen LogP contribution in [0.1, 0.15) is 41.8 Å². The number of carbonyl (C=O) groups is 2. The number of β-amino-alcohol motifs (C(OH)–C–C–N with tert-alkyl or cyclic N) is 1. The highest BCUT2D eigenvalue weighted by Gasteiger charge is 2.50. The van der Waals surface area contributed by atoms with Crippen molar-refractivity contribution in [1.29, 1.82) is 0 Å². The summed E-state index contributed by atoms with van der Waals surface area (Å²) in [4.78, 5) is 43.1. The highest BCUT2D eigenvalue weighted by molar-refractivity contribution is 7.14. The predicted molar refractivity (Wildman–Crippen MR) is 133 cm³/mol. The van der Waals surface area contributed by atoms with Gasteiger partial charge in [-0.2, -0.15) is 0 Å². The van der Waals surface area contributed by atoms with Crippen molar-refractivity contribution in [2.24, 2.45) is 0 Å². The first-order valence-corrected chi connectivity index (χ1v) is 12.7. The summed E-state index contributed by atoms with van der Waals surface area (Å²) in [7, 11) is 0. The molecule has 1 atom stereocenters. The van der Waals surface area contributed by atoms with E-state index in [1.54, 1.807) is 32.9 Å². The van der Waals surface area contributed by atoms with Crippen molar-refractivity contribution >= 4 is 23.2 Å². The molecule has 2 aliphatic heterocycles. The van der Waals surface area contributed by atoms with Crippen LogP contribution < -0.4 is 5.43 Å². The molecule has 1 aromatic carbocycles. The SMILES string of the molecule is CC(C)N1C[C@](C)(C(=O)N2CC(O)C2)n2cc(-c3nnc(Cc4ccc(F)cc4)s3)c(=O)c(O)c2C1=O. The molecule has 0 radical (unpaired) electrons. The molecule has 12 heteroatoms. The second-order valence-electron chi connectivity index (χ2n) is 9.91. The molecule has 37 heavy (non-hydrogen) atoms. The summed E-state index contributed by atoms with van der Waals surface area (Å²) in [6, 6.07) is 5.66. The Morgan fingerprint density at radius 1 is 1.22 bits per heavy atom. The molecule has 2 aromatic heterocycles. The summed E-state index contributed by atoms with van der Waals surface area (Å²) in [5.74, 6) is -2.00. The van der Waals surface area contributed by atoms with Crippen LogP contribution in [-0.4, -0.2) is 78.4 Å². The lowest BCUT2D eigenvalue weighted by molar-refractivity contribution is -0.152. The van der Waals surface area contributed by atoms with Crippen LogP contribution in [-0.2, 0) is 16.8 Å². The number of benzene rings is 1. The van der Waals surface area contributed by atoms with Gasteiger partial charge in [0.15, 0.2) is 16.5 Å². The number of aromatic nitrogens is 3. The number of hydrogen-bond acceptors (Lipinski definition) is 8. The highest BCUT2D eigenvalue weighted by atomic mass is 32.1. The van der Waals surface area contributed by atoms with Crippen LogP contribution in [0.25, 0.3) is 10.6 Å². The maximum absolute atomic E-state index is 13.6. The second-order valence-corrected chi connectivity index (χ2v) is 11.0. The van der Waals surface area contributed by atoms with Crippen molar-refractivity contribution in [2.75, 3.05) is 19.6 Å². The highest BCUT2D eigenvalue weighted by Crippen LogP contribution is 2.36. The Balaban J connectivity index is 1.59. The number of rotatable bonds is 5. The van der Waals surface area contributed by atoms with E-state index in [9.17, 15) is 29.0 Å². The van der Waals surface area contributed by atoms with Crippen LogP contribution in [0.3, 0.4) is 0 Å². The minimum Gasteiger partial charge on any atom is -0.503 e. The Hall–Kier alpha value is -3.64.